The highest BCUT2D eigenvalue weighted by molar-refractivity contribution is 6.43. The molecule has 0 aliphatic carbocycles. The van der Waals surface area contributed by atoms with E-state index in [0.29, 0.717) is 68.8 Å². The fourth-order valence-corrected chi connectivity index (χ4v) is 10.7. The standard InChI is InChI=1S/C57H57N7O5/c1-3-5-7-9-11-12-13-14-16-18-34-63-53(66)41-28-24-37-39-26-30-43-49-44(31-27-40(47(39)49)38-25-29-42(54(63)67)48(41)46(37)38)56(69)64(55(43)68)36-22-19-35(20-23-36)21-32-45-59-50-51(60-57(58)61-52(50)65)62(45)33-17-15-10-8-6-4-2/h19-20,22-31H,3-18,33-34H2,1-2H3,(H3,58,60,61,65). The van der Waals surface area contributed by atoms with Crippen LogP contribution in [0.2, 0.25) is 0 Å². The molecular weight excluding hydrogens is 863 g/mol. The van der Waals surface area contributed by atoms with Crippen molar-refractivity contribution in [3.8, 4) is 11.8 Å². The predicted molar refractivity (Wildman–Crippen MR) is 274 cm³/mol. The zero-order valence-corrected chi connectivity index (χ0v) is 39.5. The number of nitrogens with two attached hydrogens (primary N) is 1. The average molecular weight is 920 g/mol. The van der Waals surface area contributed by atoms with Crippen molar-refractivity contribution in [3.63, 3.8) is 0 Å². The summed E-state index contributed by atoms with van der Waals surface area (Å²) in [6.07, 6.45) is 18.3. The Morgan fingerprint density at radius 1 is 0.493 bits per heavy atom. The SMILES string of the molecule is CCCCCCCCCCCCN1C(=O)c2ccc3c4ccc5c6c(ccc(c7ccc(c2c37)C1=O)c64)C(=O)N(c1ccc(C#Cc2nc3c(=O)[nH]c(N)nc3n2CCCCCCCC)cc1)C5=O. The molecule has 2 aliphatic heterocycles. The van der Waals surface area contributed by atoms with Crippen molar-refractivity contribution >= 4 is 89.5 Å². The molecule has 6 aromatic carbocycles. The lowest BCUT2D eigenvalue weighted by Gasteiger charge is -2.30. The molecule has 4 heterocycles. The van der Waals surface area contributed by atoms with Crippen LogP contribution in [0.25, 0.3) is 54.3 Å². The van der Waals surface area contributed by atoms with Crippen molar-refractivity contribution in [2.75, 3.05) is 17.2 Å². The topological polar surface area (TPSA) is 164 Å². The van der Waals surface area contributed by atoms with Crippen molar-refractivity contribution in [2.45, 2.75) is 123 Å². The van der Waals surface area contributed by atoms with Crippen LogP contribution in [0, 0.1) is 11.8 Å². The highest BCUT2D eigenvalue weighted by atomic mass is 16.2. The molecule has 0 saturated carbocycles. The third-order valence-electron chi connectivity index (χ3n) is 14.3. The van der Waals surface area contributed by atoms with Gasteiger partial charge in [0, 0.05) is 51.7 Å². The number of imidazole rings is 1. The van der Waals surface area contributed by atoms with Gasteiger partial charge in [-0.2, -0.15) is 4.98 Å². The highest BCUT2D eigenvalue weighted by Gasteiger charge is 2.37. The van der Waals surface area contributed by atoms with Gasteiger partial charge in [0.1, 0.15) is 0 Å². The second kappa shape index (κ2) is 19.3. The van der Waals surface area contributed by atoms with Gasteiger partial charge in [-0.3, -0.25) is 33.9 Å². The second-order valence-electron chi connectivity index (χ2n) is 18.8. The second-order valence-corrected chi connectivity index (χ2v) is 18.8. The van der Waals surface area contributed by atoms with E-state index >= 15 is 0 Å². The van der Waals surface area contributed by atoms with Crippen LogP contribution in [0.1, 0.15) is 169 Å². The van der Waals surface area contributed by atoms with Gasteiger partial charge in [0.05, 0.1) is 5.69 Å². The number of nitrogen functional groups attached to an aromatic ring is 1. The Kier molecular flexibility index (Phi) is 12.7. The normalized spacial score (nSPS) is 13.6. The lowest BCUT2D eigenvalue weighted by Crippen LogP contribution is -2.41. The number of nitrogens with zero attached hydrogens (tertiary/aromatic N) is 5. The first-order chi connectivity index (χ1) is 33.7. The number of aromatic amines is 1. The summed E-state index contributed by atoms with van der Waals surface area (Å²) in [5, 5.41) is 6.28. The number of aromatic nitrogens is 4. The molecule has 350 valence electrons. The third kappa shape index (κ3) is 8.17. The van der Waals surface area contributed by atoms with Crippen molar-refractivity contribution in [2.24, 2.45) is 0 Å². The number of hydrogen-bond acceptors (Lipinski definition) is 8. The quantitative estimate of drug-likeness (QED) is 0.0266. The summed E-state index contributed by atoms with van der Waals surface area (Å²) in [5.74, 6) is 5.29. The van der Waals surface area contributed by atoms with Crippen molar-refractivity contribution in [1.82, 2.24) is 24.4 Å². The summed E-state index contributed by atoms with van der Waals surface area (Å²) in [6.45, 7) is 5.40. The van der Waals surface area contributed by atoms with E-state index in [1.807, 2.05) is 41.0 Å². The minimum atomic E-state index is -0.440. The minimum absolute atomic E-state index is 0.0146. The number of fused-ring (bicyclic) bond motifs is 3. The summed E-state index contributed by atoms with van der Waals surface area (Å²) in [6, 6.07) is 21.9. The Bertz CT molecular complexity index is 3350. The number of nitrogens with one attached hydrogen (secondary N) is 1. The molecule has 3 N–H and O–H groups in total. The molecule has 12 nitrogen and oxygen atoms in total. The maximum atomic E-state index is 14.5. The van der Waals surface area contributed by atoms with Crippen LogP contribution >= 0.6 is 0 Å². The molecule has 8 aromatic rings. The lowest BCUT2D eigenvalue weighted by atomic mass is 9.82. The minimum Gasteiger partial charge on any atom is -0.369 e. The number of unbranched alkanes of at least 4 members (excludes halogenated alkanes) is 14. The zero-order valence-electron chi connectivity index (χ0n) is 39.5. The highest BCUT2D eigenvalue weighted by Crippen LogP contribution is 2.46. The maximum Gasteiger partial charge on any atom is 0.280 e. The fourth-order valence-electron chi connectivity index (χ4n) is 10.7. The summed E-state index contributed by atoms with van der Waals surface area (Å²) >= 11 is 0. The molecule has 0 saturated heterocycles. The largest absolute Gasteiger partial charge is 0.369 e. The van der Waals surface area contributed by atoms with E-state index in [1.54, 1.807) is 36.4 Å². The van der Waals surface area contributed by atoms with Gasteiger partial charge < -0.3 is 10.3 Å². The molecule has 0 unspecified atom stereocenters. The summed E-state index contributed by atoms with van der Waals surface area (Å²) in [5.41, 5.74) is 8.94. The molecule has 10 rings (SSSR count). The van der Waals surface area contributed by atoms with E-state index in [4.69, 9.17) is 5.73 Å². The number of H-pyrrole nitrogens is 1. The first kappa shape index (κ1) is 45.4. The Labute approximate surface area is 400 Å². The number of amides is 4. The lowest BCUT2D eigenvalue weighted by molar-refractivity contribution is 0.0607. The van der Waals surface area contributed by atoms with Gasteiger partial charge in [0.15, 0.2) is 17.0 Å². The Morgan fingerprint density at radius 3 is 1.43 bits per heavy atom. The van der Waals surface area contributed by atoms with Gasteiger partial charge in [-0.25, -0.2) is 9.88 Å². The Morgan fingerprint density at radius 2 is 0.942 bits per heavy atom. The molecule has 0 atom stereocenters. The van der Waals surface area contributed by atoms with Gasteiger partial charge in [0.2, 0.25) is 5.95 Å². The first-order valence-electron chi connectivity index (χ1n) is 25.0. The number of rotatable bonds is 19. The van der Waals surface area contributed by atoms with E-state index in [2.05, 4.69) is 40.6 Å². The molecule has 69 heavy (non-hydrogen) atoms. The first-order valence-corrected chi connectivity index (χ1v) is 25.0. The van der Waals surface area contributed by atoms with Gasteiger partial charge in [-0.1, -0.05) is 134 Å². The van der Waals surface area contributed by atoms with E-state index in [0.717, 1.165) is 70.8 Å². The van der Waals surface area contributed by atoms with Crippen LogP contribution in [0.15, 0.2) is 77.6 Å². The van der Waals surface area contributed by atoms with Crippen molar-refractivity contribution in [3.05, 3.63) is 117 Å². The summed E-state index contributed by atoms with van der Waals surface area (Å²) in [4.78, 5) is 83.9. The molecule has 2 aromatic heterocycles. The van der Waals surface area contributed by atoms with Crippen molar-refractivity contribution in [1.29, 1.82) is 0 Å². The van der Waals surface area contributed by atoms with E-state index < -0.39 is 17.4 Å². The molecule has 0 radical (unpaired) electrons. The van der Waals surface area contributed by atoms with Gasteiger partial charge in [0.25, 0.3) is 29.2 Å². The van der Waals surface area contributed by atoms with Gasteiger partial charge >= 0.3 is 0 Å². The van der Waals surface area contributed by atoms with Crippen molar-refractivity contribution < 1.29 is 19.2 Å². The maximum absolute atomic E-state index is 14.5. The number of benzene rings is 6. The number of hydrogen-bond donors (Lipinski definition) is 2. The van der Waals surface area contributed by atoms with E-state index in [9.17, 15) is 24.0 Å². The van der Waals surface area contributed by atoms with Crippen LogP contribution in [0.4, 0.5) is 11.6 Å². The fraction of sp³-hybridized carbons (Fsp3) is 0.351. The monoisotopic (exact) mass is 919 g/mol. The van der Waals surface area contributed by atoms with E-state index in [-0.39, 0.29) is 23.3 Å². The van der Waals surface area contributed by atoms with Crippen LogP contribution in [-0.4, -0.2) is 54.6 Å². The summed E-state index contributed by atoms with van der Waals surface area (Å²) < 4.78 is 1.85. The molecule has 0 spiro atoms. The molecule has 4 amide bonds. The average Bonchev–Trinajstić information content (AvgIpc) is 3.71. The van der Waals surface area contributed by atoms with Crippen LogP contribution in [0.3, 0.4) is 0 Å². The number of imide groups is 2. The van der Waals surface area contributed by atoms with Gasteiger partial charge in [-0.05, 0) is 99.6 Å². The Balaban J connectivity index is 0.903. The third-order valence-corrected chi connectivity index (χ3v) is 14.3. The van der Waals surface area contributed by atoms with Crippen LogP contribution in [0.5, 0.6) is 0 Å². The van der Waals surface area contributed by atoms with Crippen LogP contribution in [-0.2, 0) is 6.54 Å². The summed E-state index contributed by atoms with van der Waals surface area (Å²) in [7, 11) is 0. The number of aryl methyl sites for hydroxylation is 1. The molecule has 0 fully saturated rings. The number of carbonyl (C=O) groups excluding carboxylic acids is 4. The smallest absolute Gasteiger partial charge is 0.280 e. The zero-order chi connectivity index (χ0) is 47.8. The van der Waals surface area contributed by atoms with Gasteiger partial charge in [-0.15, -0.1) is 0 Å². The molecule has 2 aliphatic rings. The van der Waals surface area contributed by atoms with Crippen LogP contribution < -0.4 is 16.2 Å². The number of carbonyl (C=O) groups is 4. The van der Waals surface area contributed by atoms with E-state index in [1.165, 1.54) is 74.0 Å². The molecule has 12 heteroatoms. The molecule has 0 bridgehead atoms. The predicted octanol–water partition coefficient (Wildman–Crippen LogP) is 11.8. The Hall–Kier alpha value is -7.39. The molecular formula is C57H57N7O5. The number of anilines is 2.